The van der Waals surface area contributed by atoms with Gasteiger partial charge in [0.15, 0.2) is 0 Å². The lowest BCUT2D eigenvalue weighted by atomic mass is 9.95. The number of hydrogen-bond donors (Lipinski definition) is 2. The van der Waals surface area contributed by atoms with Crippen molar-refractivity contribution in [3.63, 3.8) is 0 Å². The van der Waals surface area contributed by atoms with Crippen LogP contribution in [0.15, 0.2) is 41.6 Å². The number of hydrogen-bond acceptors (Lipinski definition) is 4. The molecular weight excluding hydrogens is 294 g/mol. The fourth-order valence-corrected chi connectivity index (χ4v) is 2.47. The fourth-order valence-electron chi connectivity index (χ4n) is 2.47. The highest BCUT2D eigenvalue weighted by atomic mass is 16.5. The molecule has 6 heteroatoms. The fraction of sp³-hybridized carbons (Fsp3) is 0.412. The second-order valence-electron chi connectivity index (χ2n) is 5.39. The van der Waals surface area contributed by atoms with Crippen molar-refractivity contribution in [3.05, 3.63) is 47.2 Å². The minimum absolute atomic E-state index is 0.286. The second-order valence-corrected chi connectivity index (χ2v) is 5.39. The molecule has 0 fully saturated rings. The molecule has 0 aliphatic carbocycles. The van der Waals surface area contributed by atoms with Gasteiger partial charge in [0.05, 0.1) is 18.2 Å². The Labute approximate surface area is 136 Å². The average Bonchev–Trinajstić information content (AvgIpc) is 2.55. The van der Waals surface area contributed by atoms with Crippen LogP contribution < -0.4 is 10.6 Å². The molecule has 23 heavy (non-hydrogen) atoms. The Balaban J connectivity index is 2.47. The van der Waals surface area contributed by atoms with Crippen LogP contribution in [0.2, 0.25) is 0 Å². The molecule has 1 aromatic carbocycles. The number of nitrogens with one attached hydrogen (secondary N) is 2. The Morgan fingerprint density at radius 2 is 1.96 bits per heavy atom. The minimum atomic E-state index is -0.510. The van der Waals surface area contributed by atoms with Crippen molar-refractivity contribution in [1.29, 1.82) is 0 Å². The molecule has 0 bridgehead atoms. The second kappa shape index (κ2) is 7.78. The van der Waals surface area contributed by atoms with Crippen LogP contribution in [0.1, 0.15) is 25.5 Å². The molecule has 1 atom stereocenters. The Morgan fingerprint density at radius 1 is 1.26 bits per heavy atom. The maximum absolute atomic E-state index is 12.5. The number of amides is 2. The number of carbonyl (C=O) groups is 2. The number of rotatable bonds is 6. The number of esters is 1. The summed E-state index contributed by atoms with van der Waals surface area (Å²) in [6.45, 7) is 5.35. The van der Waals surface area contributed by atoms with Gasteiger partial charge in [-0.3, -0.25) is 0 Å². The van der Waals surface area contributed by atoms with Crippen LogP contribution in [0.5, 0.6) is 0 Å². The largest absolute Gasteiger partial charge is 0.463 e. The molecule has 0 saturated carbocycles. The Kier molecular flexibility index (Phi) is 5.76. The molecule has 0 radical (unpaired) electrons. The first-order chi connectivity index (χ1) is 11.1. The van der Waals surface area contributed by atoms with Crippen LogP contribution in [0.4, 0.5) is 4.79 Å². The highest BCUT2D eigenvalue weighted by molar-refractivity contribution is 5.95. The summed E-state index contributed by atoms with van der Waals surface area (Å²) < 4.78 is 5.21. The van der Waals surface area contributed by atoms with Gasteiger partial charge in [-0.2, -0.15) is 0 Å². The van der Waals surface area contributed by atoms with Crippen molar-refractivity contribution in [2.24, 2.45) is 0 Å². The summed E-state index contributed by atoms with van der Waals surface area (Å²) in [7, 11) is 1.93. The van der Waals surface area contributed by atoms with Crippen molar-refractivity contribution in [2.45, 2.75) is 19.9 Å². The highest BCUT2D eigenvalue weighted by Gasteiger charge is 2.33. The molecule has 2 amide bonds. The van der Waals surface area contributed by atoms with Gasteiger partial charge < -0.3 is 20.3 Å². The van der Waals surface area contributed by atoms with E-state index in [0.29, 0.717) is 17.8 Å². The Hall–Kier alpha value is -2.34. The van der Waals surface area contributed by atoms with Gasteiger partial charge in [-0.1, -0.05) is 37.3 Å². The van der Waals surface area contributed by atoms with Gasteiger partial charge in [-0.05, 0) is 26.1 Å². The van der Waals surface area contributed by atoms with Crippen molar-refractivity contribution >= 4 is 12.0 Å². The quantitative estimate of drug-likeness (QED) is 0.785. The molecule has 0 spiro atoms. The predicted molar refractivity (Wildman–Crippen MR) is 87.7 cm³/mol. The number of urea groups is 1. The van der Waals surface area contributed by atoms with Crippen molar-refractivity contribution in [1.82, 2.24) is 15.5 Å². The van der Waals surface area contributed by atoms with E-state index in [2.05, 4.69) is 10.6 Å². The molecule has 0 saturated heterocycles. The molecule has 124 valence electrons. The molecule has 2 N–H and O–H groups in total. The molecule has 1 heterocycles. The van der Waals surface area contributed by atoms with Gasteiger partial charge in [0.2, 0.25) is 0 Å². The first-order valence-electron chi connectivity index (χ1n) is 7.78. The van der Waals surface area contributed by atoms with Gasteiger partial charge in [0, 0.05) is 12.2 Å². The van der Waals surface area contributed by atoms with Gasteiger partial charge >= 0.3 is 12.0 Å². The molecular formula is C17H23N3O3. The van der Waals surface area contributed by atoms with Gasteiger partial charge in [0.1, 0.15) is 0 Å². The van der Waals surface area contributed by atoms with E-state index in [1.165, 1.54) is 0 Å². The van der Waals surface area contributed by atoms with E-state index in [0.717, 1.165) is 12.1 Å². The van der Waals surface area contributed by atoms with Crippen molar-refractivity contribution in [3.8, 4) is 0 Å². The third-order valence-electron chi connectivity index (χ3n) is 3.75. The lowest BCUT2D eigenvalue weighted by Gasteiger charge is -2.31. The van der Waals surface area contributed by atoms with E-state index in [9.17, 15) is 9.59 Å². The van der Waals surface area contributed by atoms with Gasteiger partial charge in [-0.25, -0.2) is 9.59 Å². The highest BCUT2D eigenvalue weighted by Crippen LogP contribution is 2.27. The van der Waals surface area contributed by atoms with Gasteiger partial charge in [-0.15, -0.1) is 0 Å². The predicted octanol–water partition coefficient (Wildman–Crippen LogP) is 1.81. The average molecular weight is 317 g/mol. The lowest BCUT2D eigenvalue weighted by molar-refractivity contribution is -0.139. The molecule has 0 aromatic heterocycles. The molecule has 1 aliphatic heterocycles. The van der Waals surface area contributed by atoms with Crippen LogP contribution in [0, 0.1) is 0 Å². The molecule has 1 aromatic rings. The maximum Gasteiger partial charge on any atom is 0.338 e. The maximum atomic E-state index is 12.5. The van der Waals surface area contributed by atoms with Gasteiger partial charge in [0.25, 0.3) is 0 Å². The zero-order chi connectivity index (χ0) is 16.8. The molecule has 1 unspecified atom stereocenters. The lowest BCUT2D eigenvalue weighted by Crippen LogP contribution is -2.48. The third kappa shape index (κ3) is 4.10. The summed E-state index contributed by atoms with van der Waals surface area (Å²) in [6.07, 6.45) is 0. The van der Waals surface area contributed by atoms with Crippen LogP contribution in [-0.2, 0) is 9.53 Å². The zero-order valence-corrected chi connectivity index (χ0v) is 13.8. The van der Waals surface area contributed by atoms with Crippen LogP contribution in [-0.4, -0.2) is 43.6 Å². The normalized spacial score (nSPS) is 17.7. The van der Waals surface area contributed by atoms with Crippen LogP contribution in [0.3, 0.4) is 0 Å². The van der Waals surface area contributed by atoms with Crippen LogP contribution >= 0.6 is 0 Å². The zero-order valence-electron chi connectivity index (χ0n) is 13.8. The first kappa shape index (κ1) is 17.0. The third-order valence-corrected chi connectivity index (χ3v) is 3.75. The smallest absolute Gasteiger partial charge is 0.338 e. The molecule has 6 nitrogen and oxygen atoms in total. The topological polar surface area (TPSA) is 70.7 Å². The van der Waals surface area contributed by atoms with Crippen molar-refractivity contribution in [2.75, 3.05) is 26.7 Å². The molecule has 2 rings (SSSR count). The summed E-state index contributed by atoms with van der Waals surface area (Å²) in [5, 5.41) is 5.57. The van der Waals surface area contributed by atoms with E-state index in [-0.39, 0.29) is 12.6 Å². The van der Waals surface area contributed by atoms with E-state index in [1.54, 1.807) is 6.92 Å². The summed E-state index contributed by atoms with van der Waals surface area (Å²) in [4.78, 5) is 26.5. The van der Waals surface area contributed by atoms with E-state index >= 15 is 0 Å². The van der Waals surface area contributed by atoms with E-state index in [4.69, 9.17) is 4.74 Å². The van der Waals surface area contributed by atoms with Crippen LogP contribution in [0.25, 0.3) is 0 Å². The van der Waals surface area contributed by atoms with Crippen molar-refractivity contribution < 1.29 is 14.3 Å². The van der Waals surface area contributed by atoms with E-state index < -0.39 is 12.0 Å². The Morgan fingerprint density at radius 3 is 2.57 bits per heavy atom. The number of benzene rings is 1. The standard InChI is InChI=1S/C17H23N3O3/c1-4-20(3)11-13-14(16(21)23-5-2)15(19-17(22)18-13)12-9-7-6-8-10-12/h6-10,15H,4-5,11H2,1-3H3,(H2,18,19,22). The summed E-state index contributed by atoms with van der Waals surface area (Å²) in [5.41, 5.74) is 1.89. The molecule has 1 aliphatic rings. The Bertz CT molecular complexity index is 598. The number of likely N-dealkylation sites (N-methyl/N-ethyl adjacent to an activating group) is 1. The number of ether oxygens (including phenoxy) is 1. The summed E-state index contributed by atoms with van der Waals surface area (Å²) in [5.74, 6) is -0.409. The monoisotopic (exact) mass is 317 g/mol. The number of nitrogens with zero attached hydrogens (tertiary/aromatic N) is 1. The van der Waals surface area contributed by atoms with E-state index in [1.807, 2.05) is 49.2 Å². The number of carbonyl (C=O) groups excluding carboxylic acids is 2. The minimum Gasteiger partial charge on any atom is -0.463 e. The summed E-state index contributed by atoms with van der Waals surface area (Å²) >= 11 is 0. The summed E-state index contributed by atoms with van der Waals surface area (Å²) in [6, 6.07) is 8.60. The SMILES string of the molecule is CCOC(=O)C1=C(CN(C)CC)NC(=O)NC1c1ccccc1. The first-order valence-corrected chi connectivity index (χ1v) is 7.78.